The van der Waals surface area contributed by atoms with Crippen LogP contribution in [0.1, 0.15) is 17.1 Å². The van der Waals surface area contributed by atoms with Gasteiger partial charge in [0, 0.05) is 12.1 Å². The van der Waals surface area contributed by atoms with E-state index in [0.717, 1.165) is 21.6 Å². The first-order valence-corrected chi connectivity index (χ1v) is 9.01. The number of nitrogens with two attached hydrogens (primary N) is 1. The molecule has 1 amide bonds. The van der Waals surface area contributed by atoms with E-state index in [1.807, 2.05) is 19.1 Å². The van der Waals surface area contributed by atoms with E-state index >= 15 is 0 Å². The summed E-state index contributed by atoms with van der Waals surface area (Å²) in [5, 5.41) is 7.05. The Kier molecular flexibility index (Phi) is 4.71. The van der Waals surface area contributed by atoms with Gasteiger partial charge in [-0.3, -0.25) is 9.59 Å². The number of nitrogens with zero attached hydrogens (tertiary/aromatic N) is 2. The molecule has 3 aromatic rings. The summed E-state index contributed by atoms with van der Waals surface area (Å²) in [6.45, 7) is 3.83. The molecule has 1 aliphatic heterocycles. The van der Waals surface area contributed by atoms with Gasteiger partial charge < -0.3 is 24.9 Å². The molecule has 2 aromatic heterocycles. The van der Waals surface area contributed by atoms with Gasteiger partial charge in [0.05, 0.1) is 5.69 Å². The molecule has 0 fully saturated rings. The number of hydrogen-bond acceptors (Lipinski definition) is 7. The number of aromatic nitrogens is 2. The molecular formula is C20H20N4O5. The zero-order valence-electron chi connectivity index (χ0n) is 16.0. The monoisotopic (exact) mass is 396 g/mol. The number of nitrogens with one attached hydrogen (secondary N) is 1. The summed E-state index contributed by atoms with van der Waals surface area (Å²) in [4.78, 5) is 24.7. The molecule has 3 N–H and O–H groups in total. The third-order valence-electron chi connectivity index (χ3n) is 4.54. The number of aryl methyl sites for hydroxylation is 2. The second-order valence-corrected chi connectivity index (χ2v) is 6.74. The van der Waals surface area contributed by atoms with Gasteiger partial charge in [-0.25, -0.2) is 4.68 Å². The van der Waals surface area contributed by atoms with Gasteiger partial charge in [-0.2, -0.15) is 5.10 Å². The second kappa shape index (κ2) is 7.34. The molecule has 1 aromatic carbocycles. The van der Waals surface area contributed by atoms with Crippen LogP contribution in [0.2, 0.25) is 0 Å². The van der Waals surface area contributed by atoms with Gasteiger partial charge in [0.25, 0.3) is 5.56 Å². The van der Waals surface area contributed by atoms with E-state index < -0.39 is 5.56 Å². The van der Waals surface area contributed by atoms with Gasteiger partial charge in [0.1, 0.15) is 23.8 Å². The molecule has 4 rings (SSSR count). The Hall–Kier alpha value is -3.75. The van der Waals surface area contributed by atoms with Crippen molar-refractivity contribution in [2.45, 2.75) is 26.9 Å². The van der Waals surface area contributed by atoms with Crippen molar-refractivity contribution in [3.63, 3.8) is 0 Å². The van der Waals surface area contributed by atoms with Crippen molar-refractivity contribution >= 4 is 11.6 Å². The Morgan fingerprint density at radius 1 is 1.21 bits per heavy atom. The number of anilines is 1. The molecular weight excluding hydrogens is 376 g/mol. The number of amides is 1. The van der Waals surface area contributed by atoms with Gasteiger partial charge in [-0.1, -0.05) is 6.07 Å². The summed E-state index contributed by atoms with van der Waals surface area (Å²) in [5.74, 6) is 2.33. The predicted octanol–water partition coefficient (Wildman–Crippen LogP) is 1.75. The van der Waals surface area contributed by atoms with E-state index in [-0.39, 0.29) is 31.5 Å². The molecule has 1 aliphatic rings. The van der Waals surface area contributed by atoms with Crippen molar-refractivity contribution in [1.82, 2.24) is 15.1 Å². The van der Waals surface area contributed by atoms with E-state index in [1.165, 1.54) is 6.07 Å². The zero-order valence-corrected chi connectivity index (χ0v) is 16.0. The lowest BCUT2D eigenvalue weighted by atomic mass is 10.1. The number of rotatable bonds is 5. The minimum atomic E-state index is -0.523. The van der Waals surface area contributed by atoms with Gasteiger partial charge >= 0.3 is 0 Å². The van der Waals surface area contributed by atoms with Gasteiger partial charge in [-0.15, -0.1) is 0 Å². The van der Waals surface area contributed by atoms with Crippen molar-refractivity contribution in [2.75, 3.05) is 12.5 Å². The topological polar surface area (TPSA) is 122 Å². The smallest absolute Gasteiger partial charge is 0.290 e. The van der Waals surface area contributed by atoms with E-state index in [9.17, 15) is 9.59 Å². The quantitative estimate of drug-likeness (QED) is 0.674. The van der Waals surface area contributed by atoms with Crippen LogP contribution in [0, 0.1) is 13.8 Å². The highest BCUT2D eigenvalue weighted by Crippen LogP contribution is 2.32. The van der Waals surface area contributed by atoms with Crippen LogP contribution in [0.25, 0.3) is 11.3 Å². The molecule has 0 bridgehead atoms. The minimum Gasteiger partial charge on any atom is -0.466 e. The number of furan rings is 1. The minimum absolute atomic E-state index is 0.0109. The molecule has 0 saturated heterocycles. The van der Waals surface area contributed by atoms with Crippen LogP contribution in [-0.4, -0.2) is 22.5 Å². The third-order valence-corrected chi connectivity index (χ3v) is 4.54. The number of carbonyl (C=O) groups is 1. The second-order valence-electron chi connectivity index (χ2n) is 6.74. The van der Waals surface area contributed by atoms with Crippen molar-refractivity contribution in [3.8, 4) is 22.8 Å². The van der Waals surface area contributed by atoms with Gasteiger partial charge in [0.15, 0.2) is 11.5 Å². The van der Waals surface area contributed by atoms with E-state index in [1.54, 1.807) is 19.1 Å². The van der Waals surface area contributed by atoms with Gasteiger partial charge in [0.2, 0.25) is 12.7 Å². The standard InChI is InChI=1S/C20H20N4O5/c1-11-5-14(12(2)29-11)16-7-15(21)20(26)24(23-16)9-19(25)22-8-13-3-4-17-18(6-13)28-10-27-17/h3-7H,8-10,21H2,1-2H3,(H,22,25). The molecule has 150 valence electrons. The average molecular weight is 396 g/mol. The van der Waals surface area contributed by atoms with E-state index in [0.29, 0.717) is 23.0 Å². The Labute approximate surface area is 166 Å². The fraction of sp³-hybridized carbons (Fsp3) is 0.250. The van der Waals surface area contributed by atoms with E-state index in [2.05, 4.69) is 10.4 Å². The van der Waals surface area contributed by atoms with Crippen LogP contribution < -0.4 is 26.1 Å². The maximum atomic E-state index is 12.4. The summed E-state index contributed by atoms with van der Waals surface area (Å²) in [6, 6.07) is 8.72. The summed E-state index contributed by atoms with van der Waals surface area (Å²) in [7, 11) is 0. The van der Waals surface area contributed by atoms with E-state index in [4.69, 9.17) is 19.6 Å². The molecule has 29 heavy (non-hydrogen) atoms. The van der Waals surface area contributed by atoms with Crippen LogP contribution in [0.4, 0.5) is 5.69 Å². The highest BCUT2D eigenvalue weighted by molar-refractivity contribution is 5.76. The number of benzene rings is 1. The molecule has 9 heteroatoms. The molecule has 3 heterocycles. The summed E-state index contributed by atoms with van der Waals surface area (Å²) in [6.07, 6.45) is 0. The molecule has 0 radical (unpaired) electrons. The normalized spacial score (nSPS) is 12.2. The third kappa shape index (κ3) is 3.79. The summed E-state index contributed by atoms with van der Waals surface area (Å²) >= 11 is 0. The predicted molar refractivity (Wildman–Crippen MR) is 104 cm³/mol. The molecule has 0 unspecified atom stereocenters. The Balaban J connectivity index is 1.49. The molecule has 9 nitrogen and oxygen atoms in total. The highest BCUT2D eigenvalue weighted by atomic mass is 16.7. The van der Waals surface area contributed by atoms with Crippen LogP contribution in [0.15, 0.2) is 39.5 Å². The number of ether oxygens (including phenoxy) is 2. The van der Waals surface area contributed by atoms with Crippen LogP contribution in [-0.2, 0) is 17.9 Å². The lowest BCUT2D eigenvalue weighted by molar-refractivity contribution is -0.122. The highest BCUT2D eigenvalue weighted by Gasteiger charge is 2.16. The van der Waals surface area contributed by atoms with Crippen LogP contribution in [0.5, 0.6) is 11.5 Å². The molecule has 0 aliphatic carbocycles. The van der Waals surface area contributed by atoms with Crippen molar-refractivity contribution in [2.24, 2.45) is 0 Å². The largest absolute Gasteiger partial charge is 0.466 e. The SMILES string of the molecule is Cc1cc(-c2cc(N)c(=O)n(CC(=O)NCc3ccc4c(c3)OCO4)n2)c(C)o1. The Morgan fingerprint density at radius 2 is 2.00 bits per heavy atom. The number of carbonyl (C=O) groups excluding carboxylic acids is 1. The lowest BCUT2D eigenvalue weighted by Gasteiger charge is -2.10. The van der Waals surface area contributed by atoms with Crippen molar-refractivity contribution < 1.29 is 18.7 Å². The summed E-state index contributed by atoms with van der Waals surface area (Å²) < 4.78 is 17.2. The van der Waals surface area contributed by atoms with Crippen LogP contribution >= 0.6 is 0 Å². The molecule has 0 saturated carbocycles. The maximum Gasteiger partial charge on any atom is 0.290 e. The fourth-order valence-electron chi connectivity index (χ4n) is 3.13. The Bertz CT molecular complexity index is 1150. The van der Waals surface area contributed by atoms with Gasteiger partial charge in [-0.05, 0) is 43.7 Å². The number of fused-ring (bicyclic) bond motifs is 1. The number of hydrogen-bond donors (Lipinski definition) is 2. The van der Waals surface area contributed by atoms with Crippen LogP contribution in [0.3, 0.4) is 0 Å². The molecule has 0 atom stereocenters. The maximum absolute atomic E-state index is 12.4. The first-order chi connectivity index (χ1) is 13.9. The lowest BCUT2D eigenvalue weighted by Crippen LogP contribution is -2.34. The first-order valence-electron chi connectivity index (χ1n) is 9.01. The van der Waals surface area contributed by atoms with Crippen molar-refractivity contribution in [3.05, 3.63) is 57.8 Å². The fourth-order valence-corrected chi connectivity index (χ4v) is 3.13. The molecule has 0 spiro atoms. The number of nitrogen functional groups attached to an aromatic ring is 1. The van der Waals surface area contributed by atoms with Crippen molar-refractivity contribution in [1.29, 1.82) is 0 Å². The first kappa shape index (κ1) is 18.6. The Morgan fingerprint density at radius 3 is 2.76 bits per heavy atom. The zero-order chi connectivity index (χ0) is 20.5. The summed E-state index contributed by atoms with van der Waals surface area (Å²) in [5.41, 5.74) is 7.38. The average Bonchev–Trinajstić information content (AvgIpc) is 3.28.